The molecule has 90 valence electrons. The Hall–Kier alpha value is -0.120. The summed E-state index contributed by atoms with van der Waals surface area (Å²) in [7, 11) is 0. The second-order valence-corrected chi connectivity index (χ2v) is 6.31. The minimum Gasteiger partial charge on any atom is -0.361 e. The lowest BCUT2D eigenvalue weighted by atomic mass is 9.60. The monoisotopic (exact) mass is 222 g/mol. The summed E-state index contributed by atoms with van der Waals surface area (Å²) in [5.74, 6) is 3.86. The summed E-state index contributed by atoms with van der Waals surface area (Å²) in [5, 5.41) is 7.15. The van der Waals surface area contributed by atoms with Crippen molar-refractivity contribution in [2.75, 3.05) is 19.8 Å². The largest absolute Gasteiger partial charge is 0.361 e. The van der Waals surface area contributed by atoms with Gasteiger partial charge in [-0.25, -0.2) is 0 Å². The molecule has 2 saturated heterocycles. The van der Waals surface area contributed by atoms with Crippen LogP contribution in [0.2, 0.25) is 0 Å². The van der Waals surface area contributed by atoms with Gasteiger partial charge in [0.25, 0.3) is 0 Å². The standard InChI is InChI=1S/C13H22N2O/c1-8-2-10(6-14-5-8)11-4-12-13(3-9(1)11)16-7-15-12/h8-15H,1-7H2. The van der Waals surface area contributed by atoms with Crippen molar-refractivity contribution >= 4 is 0 Å². The Morgan fingerprint density at radius 3 is 2.88 bits per heavy atom. The van der Waals surface area contributed by atoms with Crippen LogP contribution < -0.4 is 10.6 Å². The number of piperidine rings is 1. The van der Waals surface area contributed by atoms with Gasteiger partial charge in [0.15, 0.2) is 0 Å². The summed E-state index contributed by atoms with van der Waals surface area (Å²) < 4.78 is 5.80. The highest BCUT2D eigenvalue weighted by atomic mass is 16.5. The zero-order chi connectivity index (χ0) is 10.5. The predicted molar refractivity (Wildman–Crippen MR) is 62.0 cm³/mol. The first-order valence-corrected chi connectivity index (χ1v) is 6.96. The van der Waals surface area contributed by atoms with E-state index in [9.17, 15) is 0 Å². The van der Waals surface area contributed by atoms with E-state index in [4.69, 9.17) is 4.74 Å². The number of fused-ring (bicyclic) bond motifs is 5. The van der Waals surface area contributed by atoms with Crippen LogP contribution in [-0.4, -0.2) is 32.0 Å². The van der Waals surface area contributed by atoms with Crippen LogP contribution in [0.1, 0.15) is 25.7 Å². The molecule has 4 aliphatic rings. The van der Waals surface area contributed by atoms with Crippen LogP contribution in [0.3, 0.4) is 0 Å². The average Bonchev–Trinajstić information content (AvgIpc) is 2.74. The maximum absolute atomic E-state index is 5.80. The molecule has 6 atom stereocenters. The van der Waals surface area contributed by atoms with E-state index < -0.39 is 0 Å². The topological polar surface area (TPSA) is 33.3 Å². The van der Waals surface area contributed by atoms with Crippen molar-refractivity contribution < 1.29 is 4.74 Å². The number of rotatable bonds is 0. The van der Waals surface area contributed by atoms with Gasteiger partial charge in [0.1, 0.15) is 0 Å². The van der Waals surface area contributed by atoms with Crippen molar-refractivity contribution in [3.63, 3.8) is 0 Å². The minimum absolute atomic E-state index is 0.535. The Morgan fingerprint density at radius 2 is 1.88 bits per heavy atom. The van der Waals surface area contributed by atoms with Crippen molar-refractivity contribution in [3.05, 3.63) is 0 Å². The van der Waals surface area contributed by atoms with Gasteiger partial charge in [-0.3, -0.25) is 5.32 Å². The maximum Gasteiger partial charge on any atom is 0.0972 e. The van der Waals surface area contributed by atoms with Crippen LogP contribution in [0, 0.1) is 23.7 Å². The maximum atomic E-state index is 5.80. The Bertz CT molecular complexity index is 283. The van der Waals surface area contributed by atoms with E-state index in [0.29, 0.717) is 12.1 Å². The van der Waals surface area contributed by atoms with Crippen LogP contribution >= 0.6 is 0 Å². The molecule has 0 amide bonds. The highest BCUT2D eigenvalue weighted by Gasteiger charge is 2.47. The van der Waals surface area contributed by atoms with Gasteiger partial charge < -0.3 is 10.1 Å². The van der Waals surface area contributed by atoms with Gasteiger partial charge >= 0.3 is 0 Å². The van der Waals surface area contributed by atoms with E-state index in [0.717, 1.165) is 30.4 Å². The lowest BCUT2D eigenvalue weighted by molar-refractivity contribution is -0.0166. The van der Waals surface area contributed by atoms with E-state index in [1.54, 1.807) is 0 Å². The Balaban J connectivity index is 1.56. The Kier molecular flexibility index (Phi) is 2.27. The Labute approximate surface area is 97.3 Å². The highest BCUT2D eigenvalue weighted by Crippen LogP contribution is 2.48. The SMILES string of the molecule is C1NC2CC3C4CNCC(C4)CC3CC2O1. The molecular formula is C13H22N2O. The molecule has 3 nitrogen and oxygen atoms in total. The summed E-state index contributed by atoms with van der Waals surface area (Å²) in [4.78, 5) is 0. The molecule has 2 N–H and O–H groups in total. The van der Waals surface area contributed by atoms with E-state index in [2.05, 4.69) is 10.6 Å². The van der Waals surface area contributed by atoms with Gasteiger partial charge in [-0.2, -0.15) is 0 Å². The van der Waals surface area contributed by atoms with Crippen molar-refractivity contribution in [1.82, 2.24) is 10.6 Å². The van der Waals surface area contributed by atoms with Crippen LogP contribution in [0.25, 0.3) is 0 Å². The Morgan fingerprint density at radius 1 is 0.938 bits per heavy atom. The van der Waals surface area contributed by atoms with E-state index in [1.807, 2.05) is 0 Å². The van der Waals surface area contributed by atoms with Gasteiger partial charge in [-0.1, -0.05) is 0 Å². The number of nitrogens with one attached hydrogen (secondary N) is 2. The van der Waals surface area contributed by atoms with Crippen molar-refractivity contribution in [3.8, 4) is 0 Å². The zero-order valence-electron chi connectivity index (χ0n) is 9.82. The fraction of sp³-hybridized carbons (Fsp3) is 1.00. The molecule has 3 heteroatoms. The molecule has 4 fully saturated rings. The molecule has 0 aromatic carbocycles. The predicted octanol–water partition coefficient (Wildman–Crippen LogP) is 0.956. The van der Waals surface area contributed by atoms with Crippen molar-refractivity contribution in [2.45, 2.75) is 37.8 Å². The zero-order valence-corrected chi connectivity index (χ0v) is 9.82. The van der Waals surface area contributed by atoms with E-state index in [1.165, 1.54) is 38.8 Å². The summed E-state index contributed by atoms with van der Waals surface area (Å²) >= 11 is 0. The van der Waals surface area contributed by atoms with Crippen molar-refractivity contribution in [1.29, 1.82) is 0 Å². The first-order chi connectivity index (χ1) is 7.90. The van der Waals surface area contributed by atoms with Crippen LogP contribution in [0.5, 0.6) is 0 Å². The molecule has 2 aliphatic carbocycles. The number of hydrogen-bond acceptors (Lipinski definition) is 3. The minimum atomic E-state index is 0.535. The first-order valence-electron chi connectivity index (χ1n) is 6.96. The first kappa shape index (κ1) is 9.86. The van der Waals surface area contributed by atoms with Gasteiger partial charge in [-0.15, -0.1) is 0 Å². The van der Waals surface area contributed by atoms with Gasteiger partial charge in [0, 0.05) is 6.04 Å². The average molecular weight is 222 g/mol. The van der Waals surface area contributed by atoms with Gasteiger partial charge in [0.05, 0.1) is 12.8 Å². The normalized spacial score (nSPS) is 55.5. The summed E-state index contributed by atoms with van der Waals surface area (Å²) in [6.07, 6.45) is 6.18. The molecule has 2 heterocycles. The summed E-state index contributed by atoms with van der Waals surface area (Å²) in [5.41, 5.74) is 0. The lowest BCUT2D eigenvalue weighted by Crippen LogP contribution is -2.52. The molecule has 0 spiro atoms. The second kappa shape index (κ2) is 3.69. The number of hydrogen-bond donors (Lipinski definition) is 2. The van der Waals surface area contributed by atoms with Crippen LogP contribution in [0.15, 0.2) is 0 Å². The van der Waals surface area contributed by atoms with Crippen LogP contribution in [-0.2, 0) is 4.74 Å². The molecule has 0 aromatic rings. The molecule has 2 aliphatic heterocycles. The van der Waals surface area contributed by atoms with Gasteiger partial charge in [-0.05, 0) is 62.4 Å². The third-order valence-corrected chi connectivity index (χ3v) is 5.48. The third-order valence-electron chi connectivity index (χ3n) is 5.48. The molecule has 0 aromatic heterocycles. The second-order valence-electron chi connectivity index (χ2n) is 6.31. The number of ether oxygens (including phenoxy) is 1. The molecule has 16 heavy (non-hydrogen) atoms. The van der Waals surface area contributed by atoms with E-state index >= 15 is 0 Å². The van der Waals surface area contributed by atoms with Crippen molar-refractivity contribution in [2.24, 2.45) is 23.7 Å². The summed E-state index contributed by atoms with van der Waals surface area (Å²) in [6.45, 7) is 3.34. The lowest BCUT2D eigenvalue weighted by Gasteiger charge is -2.50. The molecule has 2 bridgehead atoms. The smallest absolute Gasteiger partial charge is 0.0972 e. The molecule has 6 unspecified atom stereocenters. The molecule has 4 rings (SSSR count). The van der Waals surface area contributed by atoms with Gasteiger partial charge in [0.2, 0.25) is 0 Å². The highest BCUT2D eigenvalue weighted by molar-refractivity contribution is 5.00. The van der Waals surface area contributed by atoms with E-state index in [-0.39, 0.29) is 0 Å². The molecule has 2 saturated carbocycles. The molecule has 0 radical (unpaired) electrons. The quantitative estimate of drug-likeness (QED) is 0.640. The fourth-order valence-corrected chi connectivity index (χ4v) is 4.79. The third kappa shape index (κ3) is 1.45. The molecular weight excluding hydrogens is 200 g/mol. The fourth-order valence-electron chi connectivity index (χ4n) is 4.79. The van der Waals surface area contributed by atoms with Crippen LogP contribution in [0.4, 0.5) is 0 Å². The summed E-state index contributed by atoms with van der Waals surface area (Å²) in [6, 6.07) is 0.666.